The monoisotopic (exact) mass is 792 g/mol. The van der Waals surface area contributed by atoms with Gasteiger partial charge in [-0.25, -0.2) is 0 Å². The largest absolute Gasteiger partial charge is 0.369 e. The molecule has 0 spiro atoms. The molecular weight excluding hydrogens is 699 g/mol. The van der Waals surface area contributed by atoms with Crippen LogP contribution in [-0.2, 0) is 14.4 Å². The summed E-state index contributed by atoms with van der Waals surface area (Å²) in [5.41, 5.74) is 19.5. The van der Waals surface area contributed by atoms with Gasteiger partial charge < -0.3 is 27.5 Å². The summed E-state index contributed by atoms with van der Waals surface area (Å²) >= 11 is 0. The fourth-order valence-corrected chi connectivity index (χ4v) is 7.63. The van der Waals surface area contributed by atoms with Gasteiger partial charge in [0.05, 0.1) is 0 Å². The third-order valence-corrected chi connectivity index (χ3v) is 11.2. The molecule has 0 heterocycles. The van der Waals surface area contributed by atoms with Gasteiger partial charge >= 0.3 is 0 Å². The standard InChI is InChI=1S/C46H93N7O3/c1-4-6-8-10-12-14-16-18-20-22-24-26-28-30-32-37-43(54)53(42(45(56)52(3)41-39-47)36-34-35-40-50-51-46(48)49)44(55)38-33-31-29-27-25-23-21-19-17-15-13-11-9-7-5-2/h42,50H,4-41,47H2,1-3H3,(H4,48,49,51)/t42-/m0/s1. The third kappa shape index (κ3) is 32.7. The number of carbonyl (C=O) groups is 3. The van der Waals surface area contributed by atoms with Gasteiger partial charge in [0.2, 0.25) is 23.7 Å². The molecule has 0 saturated heterocycles. The van der Waals surface area contributed by atoms with E-state index in [0.717, 1.165) is 38.5 Å². The molecule has 0 aliphatic carbocycles. The number of unbranched alkanes of at least 4 members (excludes halogenated alkanes) is 29. The van der Waals surface area contributed by atoms with Crippen molar-refractivity contribution < 1.29 is 14.4 Å². The molecule has 0 aliphatic rings. The number of hydrogen-bond acceptors (Lipinski definition) is 6. The minimum Gasteiger partial charge on any atom is -0.369 e. The van der Waals surface area contributed by atoms with Crippen LogP contribution < -0.4 is 22.6 Å². The lowest BCUT2D eigenvalue weighted by atomic mass is 10.0. The molecule has 0 fully saturated rings. The van der Waals surface area contributed by atoms with Gasteiger partial charge in [0.25, 0.3) is 0 Å². The summed E-state index contributed by atoms with van der Waals surface area (Å²) in [6, 6.07) is -0.831. The number of carbonyl (C=O) groups excluding carboxylic acids is 3. The topological polar surface area (TPSA) is 160 Å². The van der Waals surface area contributed by atoms with E-state index < -0.39 is 6.04 Å². The molecule has 0 unspecified atom stereocenters. The first-order valence-corrected chi connectivity index (χ1v) is 23.9. The maximum atomic E-state index is 13.9. The van der Waals surface area contributed by atoms with Gasteiger partial charge in [-0.3, -0.25) is 19.3 Å². The molecule has 7 N–H and O–H groups in total. The number of rotatable bonds is 42. The van der Waals surface area contributed by atoms with Crippen LogP contribution in [0, 0.1) is 0 Å². The van der Waals surface area contributed by atoms with Crippen molar-refractivity contribution in [1.29, 1.82) is 0 Å². The molecule has 0 radical (unpaired) electrons. The second-order valence-electron chi connectivity index (χ2n) is 16.6. The highest BCUT2D eigenvalue weighted by Crippen LogP contribution is 2.20. The van der Waals surface area contributed by atoms with Crippen LogP contribution in [0.4, 0.5) is 0 Å². The maximum Gasteiger partial charge on any atom is 0.245 e. The summed E-state index contributed by atoms with van der Waals surface area (Å²) in [6.45, 7) is 5.75. The summed E-state index contributed by atoms with van der Waals surface area (Å²) in [7, 11) is 1.71. The van der Waals surface area contributed by atoms with E-state index >= 15 is 0 Å². The highest BCUT2D eigenvalue weighted by atomic mass is 16.2. The van der Waals surface area contributed by atoms with Crippen LogP contribution in [0.15, 0.2) is 5.10 Å². The summed E-state index contributed by atoms with van der Waals surface area (Å²) in [4.78, 5) is 44.4. The molecule has 0 aromatic rings. The van der Waals surface area contributed by atoms with Crippen molar-refractivity contribution in [3.63, 3.8) is 0 Å². The maximum absolute atomic E-state index is 13.9. The van der Waals surface area contributed by atoms with Gasteiger partial charge in [0, 0.05) is 39.5 Å². The molecule has 0 bridgehead atoms. The van der Waals surface area contributed by atoms with Crippen LogP contribution in [0.5, 0.6) is 0 Å². The summed E-state index contributed by atoms with van der Waals surface area (Å²) in [6.07, 6.45) is 39.9. The summed E-state index contributed by atoms with van der Waals surface area (Å²) < 4.78 is 0. The normalized spacial score (nSPS) is 11.7. The molecule has 3 amide bonds. The zero-order valence-electron chi connectivity index (χ0n) is 37.2. The number of nitrogens with zero attached hydrogens (tertiary/aromatic N) is 3. The predicted octanol–water partition coefficient (Wildman–Crippen LogP) is 10.6. The third-order valence-electron chi connectivity index (χ3n) is 11.2. The van der Waals surface area contributed by atoms with Crippen molar-refractivity contribution in [1.82, 2.24) is 15.2 Å². The van der Waals surface area contributed by atoms with E-state index in [2.05, 4.69) is 24.4 Å². The van der Waals surface area contributed by atoms with Crippen LogP contribution >= 0.6 is 0 Å². The van der Waals surface area contributed by atoms with Gasteiger partial charge in [-0.1, -0.05) is 194 Å². The Morgan fingerprint density at radius 2 is 0.857 bits per heavy atom. The van der Waals surface area contributed by atoms with Crippen molar-refractivity contribution in [2.75, 3.05) is 26.7 Å². The van der Waals surface area contributed by atoms with E-state index in [9.17, 15) is 14.4 Å². The molecule has 330 valence electrons. The number of likely N-dealkylation sites (N-methyl/N-ethyl adjacent to an activating group) is 1. The number of guanidine groups is 1. The Morgan fingerprint density at radius 3 is 1.18 bits per heavy atom. The zero-order valence-corrected chi connectivity index (χ0v) is 37.2. The fraction of sp³-hybridized carbons (Fsp3) is 0.913. The number of amides is 3. The zero-order chi connectivity index (χ0) is 41.3. The van der Waals surface area contributed by atoms with E-state index in [1.807, 2.05) is 0 Å². The number of nitrogens with two attached hydrogens (primary N) is 3. The molecule has 0 aromatic heterocycles. The molecule has 1 atom stereocenters. The van der Waals surface area contributed by atoms with E-state index in [1.54, 1.807) is 11.9 Å². The number of hydrogen-bond donors (Lipinski definition) is 4. The fourth-order valence-electron chi connectivity index (χ4n) is 7.63. The minimum absolute atomic E-state index is 0.0403. The second kappa shape index (κ2) is 40.8. The number of nitrogens with one attached hydrogen (secondary N) is 1. The number of hydrazone groups is 1. The van der Waals surface area contributed by atoms with E-state index in [-0.39, 0.29) is 23.7 Å². The van der Waals surface area contributed by atoms with Crippen LogP contribution in [-0.4, -0.2) is 66.2 Å². The van der Waals surface area contributed by atoms with Gasteiger partial charge in [0.15, 0.2) is 0 Å². The van der Waals surface area contributed by atoms with Gasteiger partial charge in [-0.05, 0) is 32.1 Å². The lowest BCUT2D eigenvalue weighted by Gasteiger charge is -2.32. The molecule has 0 aliphatic heterocycles. The van der Waals surface area contributed by atoms with Crippen molar-refractivity contribution in [2.45, 2.75) is 245 Å². The molecule has 0 rings (SSSR count). The molecule has 56 heavy (non-hydrogen) atoms. The summed E-state index contributed by atoms with van der Waals surface area (Å²) in [5.74, 6) is -0.698. The van der Waals surface area contributed by atoms with Crippen molar-refractivity contribution in [2.24, 2.45) is 22.3 Å². The minimum atomic E-state index is -0.831. The van der Waals surface area contributed by atoms with Gasteiger partial charge in [-0.2, -0.15) is 0 Å². The van der Waals surface area contributed by atoms with Gasteiger partial charge in [-0.15, -0.1) is 5.10 Å². The average molecular weight is 792 g/mol. The molecule has 10 heteroatoms. The molecule has 0 aromatic carbocycles. The van der Waals surface area contributed by atoms with E-state index in [0.29, 0.717) is 51.7 Å². The first-order chi connectivity index (χ1) is 27.3. The highest BCUT2D eigenvalue weighted by Gasteiger charge is 2.35. The SMILES string of the molecule is CCCCCCCCCCCCCCCCCC(=O)N(C(=O)CCCCCCCCCCCCCCCCC)[C@@H](CCCCNN=C(N)N)C(=O)N(C)CCN. The average Bonchev–Trinajstić information content (AvgIpc) is 3.18. The quantitative estimate of drug-likeness (QED) is 0.0207. The first-order valence-electron chi connectivity index (χ1n) is 23.9. The molecular formula is C46H93N7O3. The van der Waals surface area contributed by atoms with Crippen LogP contribution in [0.25, 0.3) is 0 Å². The Labute approximate surface area is 346 Å². The Bertz CT molecular complexity index is 898. The van der Waals surface area contributed by atoms with E-state index in [4.69, 9.17) is 17.2 Å². The van der Waals surface area contributed by atoms with Crippen LogP contribution in [0.1, 0.15) is 239 Å². The van der Waals surface area contributed by atoms with Crippen molar-refractivity contribution in [3.8, 4) is 0 Å². The Hall–Kier alpha value is -2.36. The Balaban J connectivity index is 4.93. The second-order valence-corrected chi connectivity index (χ2v) is 16.6. The Morgan fingerprint density at radius 1 is 0.518 bits per heavy atom. The van der Waals surface area contributed by atoms with Gasteiger partial charge in [0.1, 0.15) is 6.04 Å². The molecule has 10 nitrogen and oxygen atoms in total. The lowest BCUT2D eigenvalue weighted by Crippen LogP contribution is -2.53. The predicted molar refractivity (Wildman–Crippen MR) is 239 cm³/mol. The highest BCUT2D eigenvalue weighted by molar-refractivity contribution is 6.00. The van der Waals surface area contributed by atoms with Crippen LogP contribution in [0.2, 0.25) is 0 Å². The lowest BCUT2D eigenvalue weighted by molar-refractivity contribution is -0.155. The first kappa shape index (κ1) is 53.6. The van der Waals surface area contributed by atoms with Crippen LogP contribution in [0.3, 0.4) is 0 Å². The van der Waals surface area contributed by atoms with Crippen molar-refractivity contribution in [3.05, 3.63) is 0 Å². The smallest absolute Gasteiger partial charge is 0.245 e. The Kier molecular flexibility index (Phi) is 39.1. The van der Waals surface area contributed by atoms with Crippen molar-refractivity contribution >= 4 is 23.7 Å². The van der Waals surface area contributed by atoms with E-state index in [1.165, 1.54) is 159 Å². The molecule has 0 saturated carbocycles. The number of imide groups is 1. The summed E-state index contributed by atoms with van der Waals surface area (Å²) in [5, 5.41) is 3.82.